The van der Waals surface area contributed by atoms with Gasteiger partial charge in [0.25, 0.3) is 0 Å². The maximum Gasteiger partial charge on any atom is 0.161 e. The summed E-state index contributed by atoms with van der Waals surface area (Å²) in [6, 6.07) is 2.84. The first-order valence-electron chi connectivity index (χ1n) is 3.94. The molecule has 1 aromatic carbocycles. The van der Waals surface area contributed by atoms with Gasteiger partial charge in [-0.05, 0) is 26.0 Å². The Hall–Kier alpha value is -0.860. The fourth-order valence-electron chi connectivity index (χ4n) is 1.09. The van der Waals surface area contributed by atoms with Gasteiger partial charge in [-0.3, -0.25) is 9.59 Å². The van der Waals surface area contributed by atoms with Gasteiger partial charge in [0.05, 0.1) is 10.0 Å². The van der Waals surface area contributed by atoms with Crippen molar-refractivity contribution in [2.75, 3.05) is 0 Å². The molecule has 0 aliphatic rings. The molecular weight excluding hydrogens is 223 g/mol. The van der Waals surface area contributed by atoms with E-state index >= 15 is 0 Å². The summed E-state index contributed by atoms with van der Waals surface area (Å²) in [4.78, 5) is 22.2. The number of hydrogen-bond acceptors (Lipinski definition) is 2. The normalized spacial score (nSPS) is 10.0. The molecule has 74 valence electrons. The Kier molecular flexibility index (Phi) is 3.29. The summed E-state index contributed by atoms with van der Waals surface area (Å²) < 4.78 is 0. The van der Waals surface area contributed by atoms with Crippen LogP contribution in [0.4, 0.5) is 0 Å². The van der Waals surface area contributed by atoms with Gasteiger partial charge in [0.2, 0.25) is 0 Å². The average molecular weight is 231 g/mol. The molecule has 0 fully saturated rings. The number of rotatable bonds is 2. The molecule has 0 radical (unpaired) electrons. The molecule has 0 aliphatic carbocycles. The molecule has 0 bridgehead atoms. The zero-order chi connectivity index (χ0) is 10.9. The van der Waals surface area contributed by atoms with Crippen LogP contribution >= 0.6 is 23.2 Å². The minimum Gasteiger partial charge on any atom is -0.294 e. The van der Waals surface area contributed by atoms with E-state index in [1.54, 1.807) is 0 Å². The molecule has 0 saturated heterocycles. The highest BCUT2D eigenvalue weighted by atomic mass is 35.5. The third-order valence-corrected chi connectivity index (χ3v) is 2.44. The average Bonchev–Trinajstić information content (AvgIpc) is 2.02. The van der Waals surface area contributed by atoms with E-state index in [0.29, 0.717) is 11.1 Å². The molecular formula is C10H8Cl2O2. The van der Waals surface area contributed by atoms with Crippen LogP contribution in [0.15, 0.2) is 12.1 Å². The first-order chi connectivity index (χ1) is 6.43. The van der Waals surface area contributed by atoms with Crippen molar-refractivity contribution in [1.29, 1.82) is 0 Å². The summed E-state index contributed by atoms with van der Waals surface area (Å²) in [5, 5.41) is 0.542. The van der Waals surface area contributed by atoms with Gasteiger partial charge in [-0.2, -0.15) is 0 Å². The first kappa shape index (κ1) is 11.2. The van der Waals surface area contributed by atoms with Gasteiger partial charge in [-0.1, -0.05) is 23.2 Å². The number of Topliss-reactive ketones (excluding diaryl/α,β-unsaturated/α-hetero) is 2. The monoisotopic (exact) mass is 230 g/mol. The number of halogens is 2. The maximum atomic E-state index is 11.1. The van der Waals surface area contributed by atoms with Crippen LogP contribution in [0.25, 0.3) is 0 Å². The van der Waals surface area contributed by atoms with Crippen molar-refractivity contribution in [2.45, 2.75) is 13.8 Å². The van der Waals surface area contributed by atoms with Gasteiger partial charge in [0.15, 0.2) is 11.6 Å². The molecule has 14 heavy (non-hydrogen) atoms. The van der Waals surface area contributed by atoms with Gasteiger partial charge >= 0.3 is 0 Å². The summed E-state index contributed by atoms with van der Waals surface area (Å²) in [6.07, 6.45) is 0. The van der Waals surface area contributed by atoms with E-state index in [4.69, 9.17) is 23.2 Å². The van der Waals surface area contributed by atoms with Crippen LogP contribution in [0.3, 0.4) is 0 Å². The molecule has 0 spiro atoms. The number of benzene rings is 1. The van der Waals surface area contributed by atoms with Crippen molar-refractivity contribution in [3.8, 4) is 0 Å². The molecule has 2 nitrogen and oxygen atoms in total. The van der Waals surface area contributed by atoms with Crippen molar-refractivity contribution in [2.24, 2.45) is 0 Å². The van der Waals surface area contributed by atoms with E-state index in [1.165, 1.54) is 26.0 Å². The van der Waals surface area contributed by atoms with Crippen molar-refractivity contribution < 1.29 is 9.59 Å². The van der Waals surface area contributed by atoms with Crippen LogP contribution in [0, 0.1) is 0 Å². The molecule has 0 amide bonds. The first-order valence-corrected chi connectivity index (χ1v) is 4.70. The number of carbonyl (C=O) groups excluding carboxylic acids is 2. The van der Waals surface area contributed by atoms with E-state index in [2.05, 4.69) is 0 Å². The topological polar surface area (TPSA) is 34.1 Å². The highest BCUT2D eigenvalue weighted by Gasteiger charge is 2.12. The molecule has 1 rings (SSSR count). The smallest absolute Gasteiger partial charge is 0.161 e. The second kappa shape index (κ2) is 4.11. The molecule has 1 aromatic rings. The molecule has 0 aromatic heterocycles. The van der Waals surface area contributed by atoms with Crippen molar-refractivity contribution >= 4 is 34.8 Å². The van der Waals surface area contributed by atoms with Crippen LogP contribution in [-0.4, -0.2) is 11.6 Å². The van der Waals surface area contributed by atoms with Crippen LogP contribution in [0.5, 0.6) is 0 Å². The van der Waals surface area contributed by atoms with Gasteiger partial charge < -0.3 is 0 Å². The second-order valence-electron chi connectivity index (χ2n) is 2.92. The summed E-state index contributed by atoms with van der Waals surface area (Å²) in [5.41, 5.74) is 0.641. The van der Waals surface area contributed by atoms with Crippen LogP contribution < -0.4 is 0 Å². The highest BCUT2D eigenvalue weighted by molar-refractivity contribution is 6.38. The number of carbonyl (C=O) groups is 2. The Bertz CT molecular complexity index is 376. The van der Waals surface area contributed by atoms with Crippen LogP contribution in [0.1, 0.15) is 34.6 Å². The predicted molar refractivity (Wildman–Crippen MR) is 56.5 cm³/mol. The second-order valence-corrected chi connectivity index (χ2v) is 3.74. The molecule has 0 N–H and O–H groups in total. The Balaban J connectivity index is 3.42. The van der Waals surface area contributed by atoms with E-state index in [-0.39, 0.29) is 21.6 Å². The quantitative estimate of drug-likeness (QED) is 0.731. The van der Waals surface area contributed by atoms with E-state index in [9.17, 15) is 9.59 Å². The lowest BCUT2D eigenvalue weighted by Gasteiger charge is -2.04. The lowest BCUT2D eigenvalue weighted by Crippen LogP contribution is -2.00. The molecule has 0 aliphatic heterocycles. The van der Waals surface area contributed by atoms with Gasteiger partial charge in [0.1, 0.15) is 0 Å². The van der Waals surface area contributed by atoms with Gasteiger partial charge in [-0.15, -0.1) is 0 Å². The molecule has 0 heterocycles. The number of ketones is 2. The van der Waals surface area contributed by atoms with E-state index in [0.717, 1.165) is 0 Å². The minimum atomic E-state index is -0.186. The predicted octanol–water partition coefficient (Wildman–Crippen LogP) is 3.40. The van der Waals surface area contributed by atoms with Crippen molar-refractivity contribution in [3.05, 3.63) is 33.3 Å². The van der Waals surface area contributed by atoms with Crippen molar-refractivity contribution in [3.63, 3.8) is 0 Å². The van der Waals surface area contributed by atoms with Gasteiger partial charge in [0, 0.05) is 11.1 Å². The maximum absolute atomic E-state index is 11.1. The fourth-order valence-corrected chi connectivity index (χ4v) is 1.74. The zero-order valence-corrected chi connectivity index (χ0v) is 9.24. The van der Waals surface area contributed by atoms with E-state index < -0.39 is 0 Å². The van der Waals surface area contributed by atoms with Crippen molar-refractivity contribution in [1.82, 2.24) is 0 Å². The standard InChI is InChI=1S/C10H8Cl2O2/c1-5(13)7-3-8(6(2)14)10(12)4-9(7)11/h3-4H,1-2H3. The Morgan fingerprint density at radius 2 is 1.29 bits per heavy atom. The van der Waals surface area contributed by atoms with Gasteiger partial charge in [-0.25, -0.2) is 0 Å². The van der Waals surface area contributed by atoms with E-state index in [1.807, 2.05) is 0 Å². The summed E-state index contributed by atoms with van der Waals surface area (Å²) in [7, 11) is 0. The van der Waals surface area contributed by atoms with Crippen LogP contribution in [0.2, 0.25) is 10.0 Å². The fraction of sp³-hybridized carbons (Fsp3) is 0.200. The Morgan fingerprint density at radius 3 is 1.57 bits per heavy atom. The molecule has 4 heteroatoms. The van der Waals surface area contributed by atoms with Crippen LogP contribution in [-0.2, 0) is 0 Å². The highest BCUT2D eigenvalue weighted by Crippen LogP contribution is 2.26. The zero-order valence-electron chi connectivity index (χ0n) is 7.73. The summed E-state index contributed by atoms with van der Waals surface area (Å²) in [6.45, 7) is 2.78. The lowest BCUT2D eigenvalue weighted by molar-refractivity contribution is 0.101. The largest absolute Gasteiger partial charge is 0.294 e. The summed E-state index contributed by atoms with van der Waals surface area (Å²) in [5.74, 6) is -0.372. The summed E-state index contributed by atoms with van der Waals surface area (Å²) >= 11 is 11.6. The number of hydrogen-bond donors (Lipinski definition) is 0. The third-order valence-electron chi connectivity index (χ3n) is 1.82. The Morgan fingerprint density at radius 1 is 0.929 bits per heavy atom. The SMILES string of the molecule is CC(=O)c1cc(C(C)=O)c(Cl)cc1Cl. The molecule has 0 atom stereocenters. The lowest BCUT2D eigenvalue weighted by atomic mass is 10.1. The molecule has 0 unspecified atom stereocenters. The minimum absolute atomic E-state index is 0.186. The Labute approximate surface area is 91.8 Å². The third kappa shape index (κ3) is 2.14. The molecule has 0 saturated carbocycles.